The number of amides is 1. The largest absolute Gasteiger partial charge is 0.343 e. The van der Waals surface area contributed by atoms with Gasteiger partial charge in [-0.2, -0.15) is 5.26 Å². The van der Waals surface area contributed by atoms with Crippen LogP contribution in [0.1, 0.15) is 36.8 Å². The van der Waals surface area contributed by atoms with Crippen molar-refractivity contribution in [2.45, 2.75) is 32.4 Å². The molecule has 1 aromatic carbocycles. The van der Waals surface area contributed by atoms with Gasteiger partial charge in [0, 0.05) is 19.2 Å². The van der Waals surface area contributed by atoms with E-state index in [9.17, 15) is 4.79 Å². The number of nitrogens with one attached hydrogen (secondary N) is 2. The number of thiophene rings is 1. The smallest absolute Gasteiger partial charge is 0.237 e. The van der Waals surface area contributed by atoms with Crippen LogP contribution in [0.2, 0.25) is 0 Å². The summed E-state index contributed by atoms with van der Waals surface area (Å²) in [6.45, 7) is 4.28. The second-order valence-corrected chi connectivity index (χ2v) is 9.16. The molecule has 0 bridgehead atoms. The Morgan fingerprint density at radius 2 is 1.92 bits per heavy atom. The summed E-state index contributed by atoms with van der Waals surface area (Å²) in [4.78, 5) is 14.0. The predicted octanol–water partition coefficient (Wildman–Crippen LogP) is 5.01. The first kappa shape index (κ1) is 21.1. The second kappa shape index (κ2) is 10.2. The Morgan fingerprint density at radius 3 is 2.46 bits per heavy atom. The van der Waals surface area contributed by atoms with E-state index >= 15 is 0 Å². The fraction of sp³-hybridized carbons (Fsp3) is 0.368. The van der Waals surface area contributed by atoms with Gasteiger partial charge < -0.3 is 5.32 Å². The van der Waals surface area contributed by atoms with Crippen molar-refractivity contribution in [1.82, 2.24) is 10.6 Å². The van der Waals surface area contributed by atoms with E-state index in [-0.39, 0.29) is 18.5 Å². The Balaban J connectivity index is 2.25. The molecule has 0 spiro atoms. The van der Waals surface area contributed by atoms with Crippen molar-refractivity contribution < 1.29 is 4.79 Å². The average Bonchev–Trinajstić information content (AvgIpc) is 3.03. The molecule has 1 amide bonds. The van der Waals surface area contributed by atoms with Crippen LogP contribution in [-0.4, -0.2) is 18.5 Å². The maximum Gasteiger partial charge on any atom is 0.237 e. The molecule has 2 aromatic rings. The fourth-order valence-corrected chi connectivity index (χ4v) is 4.41. The zero-order valence-electron chi connectivity index (χ0n) is 14.6. The molecule has 0 aliphatic rings. The van der Waals surface area contributed by atoms with E-state index < -0.39 is 6.04 Å². The van der Waals surface area contributed by atoms with Gasteiger partial charge in [-0.25, -0.2) is 0 Å². The highest BCUT2D eigenvalue weighted by molar-refractivity contribution is 9.10. The lowest BCUT2D eigenvalue weighted by atomic mass is 10.0. The summed E-state index contributed by atoms with van der Waals surface area (Å²) < 4.78 is 1.99. The highest BCUT2D eigenvalue weighted by atomic mass is 79.9. The number of benzene rings is 1. The first-order valence-electron chi connectivity index (χ1n) is 8.30. The third kappa shape index (κ3) is 6.20. The summed E-state index contributed by atoms with van der Waals surface area (Å²) in [7, 11) is 0. The molecule has 1 heterocycles. The van der Waals surface area contributed by atoms with Crippen LogP contribution >= 0.6 is 43.2 Å². The number of nitrogens with zero attached hydrogens (tertiary/aromatic N) is 1. The van der Waals surface area contributed by atoms with Crippen molar-refractivity contribution in [2.24, 2.45) is 5.92 Å². The highest BCUT2D eigenvalue weighted by Gasteiger charge is 2.24. The SMILES string of the molecule is CC(C)C[C@H](NCC#N)C(=O)N[C@@H](c1ccc(Br)cc1)c1cc(Br)cs1. The van der Waals surface area contributed by atoms with E-state index in [0.29, 0.717) is 12.3 Å². The molecule has 1 aromatic heterocycles. The molecular formula is C19H21Br2N3OS. The van der Waals surface area contributed by atoms with Crippen molar-refractivity contribution >= 4 is 49.1 Å². The first-order chi connectivity index (χ1) is 12.4. The summed E-state index contributed by atoms with van der Waals surface area (Å²) >= 11 is 8.54. The van der Waals surface area contributed by atoms with Gasteiger partial charge in [-0.1, -0.05) is 41.9 Å². The summed E-state index contributed by atoms with van der Waals surface area (Å²) in [5, 5.41) is 17.0. The lowest BCUT2D eigenvalue weighted by Crippen LogP contribution is -2.46. The molecule has 0 unspecified atom stereocenters. The maximum absolute atomic E-state index is 12.9. The molecule has 4 nitrogen and oxygen atoms in total. The summed E-state index contributed by atoms with van der Waals surface area (Å²) in [6, 6.07) is 11.4. The Morgan fingerprint density at radius 1 is 1.23 bits per heavy atom. The van der Waals surface area contributed by atoms with E-state index in [0.717, 1.165) is 19.4 Å². The average molecular weight is 499 g/mol. The van der Waals surface area contributed by atoms with Crippen LogP contribution in [0.15, 0.2) is 44.7 Å². The number of nitriles is 1. The molecule has 0 aliphatic carbocycles. The Kier molecular flexibility index (Phi) is 8.29. The standard InChI is InChI=1S/C19H21Br2N3OS/c1-12(2)9-16(23-8-7-22)19(25)24-18(17-10-15(21)11-26-17)13-3-5-14(20)6-4-13/h3-6,10-12,16,18,23H,8-9H2,1-2H3,(H,24,25)/t16-,18-/m0/s1. The molecule has 2 atom stereocenters. The molecule has 0 aliphatic heterocycles. The van der Waals surface area contributed by atoms with Gasteiger partial charge in [0.15, 0.2) is 0 Å². The number of hydrogen-bond donors (Lipinski definition) is 2. The minimum absolute atomic E-state index is 0.0913. The zero-order valence-corrected chi connectivity index (χ0v) is 18.6. The molecule has 0 fully saturated rings. The molecule has 138 valence electrons. The quantitative estimate of drug-likeness (QED) is 0.503. The Bertz CT molecular complexity index is 768. The summed E-state index contributed by atoms with van der Waals surface area (Å²) in [6.07, 6.45) is 0.675. The molecule has 0 radical (unpaired) electrons. The van der Waals surface area contributed by atoms with Crippen LogP contribution in [0.3, 0.4) is 0 Å². The number of hydrogen-bond acceptors (Lipinski definition) is 4. The van der Waals surface area contributed by atoms with Gasteiger partial charge in [-0.05, 0) is 52.0 Å². The van der Waals surface area contributed by atoms with Crippen molar-refractivity contribution in [3.05, 3.63) is 55.1 Å². The maximum atomic E-state index is 12.9. The van der Waals surface area contributed by atoms with Crippen LogP contribution in [0.4, 0.5) is 0 Å². The van der Waals surface area contributed by atoms with Crippen LogP contribution in [0.5, 0.6) is 0 Å². The van der Waals surface area contributed by atoms with Gasteiger partial charge in [0.25, 0.3) is 0 Å². The van der Waals surface area contributed by atoms with Crippen LogP contribution in [-0.2, 0) is 4.79 Å². The predicted molar refractivity (Wildman–Crippen MR) is 113 cm³/mol. The summed E-state index contributed by atoms with van der Waals surface area (Å²) in [5.41, 5.74) is 1.01. The van der Waals surface area contributed by atoms with E-state index in [4.69, 9.17) is 5.26 Å². The molecule has 26 heavy (non-hydrogen) atoms. The van der Waals surface area contributed by atoms with Crippen LogP contribution in [0, 0.1) is 17.2 Å². The van der Waals surface area contributed by atoms with E-state index in [1.54, 1.807) is 11.3 Å². The van der Waals surface area contributed by atoms with Crippen molar-refractivity contribution in [3.63, 3.8) is 0 Å². The number of carbonyl (C=O) groups is 1. The van der Waals surface area contributed by atoms with Gasteiger partial charge in [0.1, 0.15) is 0 Å². The Hall–Kier alpha value is -1.20. The minimum atomic E-state index is -0.393. The van der Waals surface area contributed by atoms with E-state index in [1.807, 2.05) is 35.7 Å². The number of halogens is 2. The van der Waals surface area contributed by atoms with Gasteiger partial charge in [-0.3, -0.25) is 10.1 Å². The van der Waals surface area contributed by atoms with Crippen LogP contribution in [0.25, 0.3) is 0 Å². The van der Waals surface area contributed by atoms with Crippen molar-refractivity contribution in [1.29, 1.82) is 5.26 Å². The molecule has 0 saturated carbocycles. The van der Waals surface area contributed by atoms with Gasteiger partial charge >= 0.3 is 0 Å². The molecule has 7 heteroatoms. The highest BCUT2D eigenvalue weighted by Crippen LogP contribution is 2.31. The van der Waals surface area contributed by atoms with Gasteiger partial charge in [0.05, 0.1) is 24.7 Å². The molecule has 0 saturated heterocycles. The van der Waals surface area contributed by atoms with E-state index in [1.165, 1.54) is 0 Å². The lowest BCUT2D eigenvalue weighted by molar-refractivity contribution is -0.124. The van der Waals surface area contributed by atoms with Gasteiger partial charge in [-0.15, -0.1) is 11.3 Å². The first-order valence-corrected chi connectivity index (χ1v) is 10.8. The molecular weight excluding hydrogens is 478 g/mol. The molecule has 2 rings (SSSR count). The third-order valence-corrected chi connectivity index (χ3v) is 6.10. The zero-order chi connectivity index (χ0) is 19.1. The number of rotatable bonds is 8. The second-order valence-electron chi connectivity index (χ2n) is 6.38. The lowest BCUT2D eigenvalue weighted by Gasteiger charge is -2.24. The van der Waals surface area contributed by atoms with Gasteiger partial charge in [0.2, 0.25) is 5.91 Å². The fourth-order valence-electron chi connectivity index (χ4n) is 2.62. The van der Waals surface area contributed by atoms with Crippen molar-refractivity contribution in [3.8, 4) is 6.07 Å². The normalized spacial score (nSPS) is 13.2. The van der Waals surface area contributed by atoms with Crippen LogP contribution < -0.4 is 10.6 Å². The topological polar surface area (TPSA) is 64.9 Å². The summed E-state index contributed by atoms with van der Waals surface area (Å²) in [5.74, 6) is 0.255. The minimum Gasteiger partial charge on any atom is -0.343 e. The van der Waals surface area contributed by atoms with E-state index in [2.05, 4.69) is 62.4 Å². The Labute approximate surface area is 175 Å². The van der Waals surface area contributed by atoms with Crippen molar-refractivity contribution in [2.75, 3.05) is 6.54 Å². The monoisotopic (exact) mass is 497 g/mol. The molecule has 2 N–H and O–H groups in total. The third-order valence-electron chi connectivity index (χ3n) is 3.81. The number of carbonyl (C=O) groups excluding carboxylic acids is 1.